The molecular formula is C15H18O7. The van der Waals surface area contributed by atoms with Gasteiger partial charge in [0.25, 0.3) is 0 Å². The van der Waals surface area contributed by atoms with Crippen LogP contribution in [0.2, 0.25) is 0 Å². The lowest BCUT2D eigenvalue weighted by Gasteiger charge is -2.24. The summed E-state index contributed by atoms with van der Waals surface area (Å²) >= 11 is 0. The van der Waals surface area contributed by atoms with Crippen LogP contribution in [0.5, 0.6) is 0 Å². The van der Waals surface area contributed by atoms with Crippen molar-refractivity contribution in [2.24, 2.45) is 17.3 Å². The molecule has 2 rings (SSSR count). The van der Waals surface area contributed by atoms with Gasteiger partial charge in [0.2, 0.25) is 0 Å². The molecule has 0 saturated heterocycles. The number of fused-ring (bicyclic) bond motifs is 1. The molecule has 0 aromatic rings. The Labute approximate surface area is 127 Å². The highest BCUT2D eigenvalue weighted by molar-refractivity contribution is 6.03. The summed E-state index contributed by atoms with van der Waals surface area (Å²) in [4.78, 5) is 47.1. The van der Waals surface area contributed by atoms with Crippen molar-refractivity contribution in [1.82, 2.24) is 0 Å². The number of rotatable bonds is 4. The Morgan fingerprint density at radius 1 is 1.23 bits per heavy atom. The van der Waals surface area contributed by atoms with Crippen LogP contribution in [0.1, 0.15) is 19.8 Å². The molecule has 2 aliphatic carbocycles. The quantitative estimate of drug-likeness (QED) is 0.422. The van der Waals surface area contributed by atoms with Gasteiger partial charge in [-0.15, -0.1) is 0 Å². The third kappa shape index (κ3) is 2.51. The lowest BCUT2D eigenvalue weighted by Crippen LogP contribution is -2.40. The zero-order chi connectivity index (χ0) is 16.5. The van der Waals surface area contributed by atoms with Gasteiger partial charge in [0.15, 0.2) is 11.2 Å². The summed E-state index contributed by atoms with van der Waals surface area (Å²) in [6.45, 7) is 1.20. The van der Waals surface area contributed by atoms with E-state index in [1.165, 1.54) is 27.2 Å². The smallest absolute Gasteiger partial charge is 0.323 e. The number of hydrogen-bond donors (Lipinski definition) is 0. The molecule has 2 atom stereocenters. The first-order valence-electron chi connectivity index (χ1n) is 6.90. The van der Waals surface area contributed by atoms with E-state index in [1.54, 1.807) is 0 Å². The number of allylic oxidation sites excluding steroid dienone is 2. The van der Waals surface area contributed by atoms with E-state index in [2.05, 4.69) is 0 Å². The highest BCUT2D eigenvalue weighted by Gasteiger charge is 2.59. The Morgan fingerprint density at radius 2 is 1.82 bits per heavy atom. The van der Waals surface area contributed by atoms with Crippen molar-refractivity contribution >= 4 is 23.7 Å². The van der Waals surface area contributed by atoms with E-state index in [4.69, 9.17) is 14.2 Å². The Hall–Kier alpha value is -2.18. The molecule has 0 spiro atoms. The van der Waals surface area contributed by atoms with Crippen LogP contribution in [0.25, 0.3) is 0 Å². The van der Waals surface area contributed by atoms with E-state index in [-0.39, 0.29) is 31.1 Å². The summed E-state index contributed by atoms with van der Waals surface area (Å²) in [5.74, 6) is -2.85. The Balaban J connectivity index is 2.26. The van der Waals surface area contributed by atoms with Crippen molar-refractivity contribution in [3.8, 4) is 0 Å². The van der Waals surface area contributed by atoms with E-state index in [1.807, 2.05) is 0 Å². The molecular weight excluding hydrogens is 292 g/mol. The molecule has 0 radical (unpaired) electrons. The predicted molar refractivity (Wildman–Crippen MR) is 72.4 cm³/mol. The lowest BCUT2D eigenvalue weighted by atomic mass is 9.82. The summed E-state index contributed by atoms with van der Waals surface area (Å²) in [6, 6.07) is 0. The molecule has 120 valence electrons. The van der Waals surface area contributed by atoms with Crippen molar-refractivity contribution in [3.05, 3.63) is 11.6 Å². The highest BCUT2D eigenvalue weighted by atomic mass is 16.5. The van der Waals surface area contributed by atoms with Crippen LogP contribution in [0.15, 0.2) is 11.6 Å². The first kappa shape index (κ1) is 16.2. The molecule has 22 heavy (non-hydrogen) atoms. The predicted octanol–water partition coefficient (Wildman–Crippen LogP) is 0.417. The van der Waals surface area contributed by atoms with Crippen LogP contribution in [0.3, 0.4) is 0 Å². The molecule has 0 amide bonds. The van der Waals surface area contributed by atoms with Gasteiger partial charge in [-0.1, -0.05) is 5.57 Å². The van der Waals surface area contributed by atoms with Gasteiger partial charge < -0.3 is 14.2 Å². The second-order valence-electron chi connectivity index (χ2n) is 5.58. The molecule has 2 aliphatic rings. The topological polar surface area (TPSA) is 96.0 Å². The average molecular weight is 310 g/mol. The van der Waals surface area contributed by atoms with E-state index < -0.39 is 29.2 Å². The van der Waals surface area contributed by atoms with Crippen molar-refractivity contribution in [2.75, 3.05) is 20.8 Å². The molecule has 0 aromatic carbocycles. The molecule has 0 aromatic heterocycles. The highest BCUT2D eigenvalue weighted by Crippen LogP contribution is 2.52. The van der Waals surface area contributed by atoms with E-state index in [9.17, 15) is 19.2 Å². The van der Waals surface area contributed by atoms with Crippen molar-refractivity contribution < 1.29 is 33.4 Å². The standard InChI is InChI=1S/C15H18O7/c1-8(16)22-7-11-10-6-15(13(18)20-2,14(19)21-3)5-9(10)4-12(11)17/h4,10-11H,5-7H2,1-3H3. The number of ketones is 1. The zero-order valence-corrected chi connectivity index (χ0v) is 12.7. The van der Waals surface area contributed by atoms with Gasteiger partial charge in [-0.3, -0.25) is 19.2 Å². The molecule has 7 heteroatoms. The SMILES string of the molecule is COC(=O)C1(C(=O)OC)CC2=CC(=O)C(COC(C)=O)C2C1. The van der Waals surface area contributed by atoms with Crippen LogP contribution in [-0.2, 0) is 33.4 Å². The van der Waals surface area contributed by atoms with E-state index >= 15 is 0 Å². The van der Waals surface area contributed by atoms with E-state index in [0.717, 1.165) is 0 Å². The van der Waals surface area contributed by atoms with Gasteiger partial charge in [0.1, 0.15) is 6.61 Å². The monoisotopic (exact) mass is 310 g/mol. The maximum absolute atomic E-state index is 12.1. The van der Waals surface area contributed by atoms with Gasteiger partial charge >= 0.3 is 17.9 Å². The van der Waals surface area contributed by atoms with Crippen LogP contribution in [0, 0.1) is 17.3 Å². The normalized spacial score (nSPS) is 25.2. The molecule has 0 heterocycles. The summed E-state index contributed by atoms with van der Waals surface area (Å²) in [5.41, 5.74) is -0.715. The molecule has 7 nitrogen and oxygen atoms in total. The Kier molecular flexibility index (Phi) is 4.35. The van der Waals surface area contributed by atoms with Crippen LogP contribution < -0.4 is 0 Å². The maximum Gasteiger partial charge on any atom is 0.323 e. The number of carbonyl (C=O) groups is 4. The minimum atomic E-state index is -1.42. The minimum absolute atomic E-state index is 0.0583. The lowest BCUT2D eigenvalue weighted by molar-refractivity contribution is -0.169. The Morgan fingerprint density at radius 3 is 2.32 bits per heavy atom. The van der Waals surface area contributed by atoms with Gasteiger partial charge in [0, 0.05) is 6.92 Å². The number of hydrogen-bond acceptors (Lipinski definition) is 7. The largest absolute Gasteiger partial charge is 0.468 e. The van der Waals surface area contributed by atoms with Gasteiger partial charge in [-0.05, 0) is 24.8 Å². The maximum atomic E-state index is 12.1. The first-order chi connectivity index (χ1) is 10.4. The van der Waals surface area contributed by atoms with Crippen molar-refractivity contribution in [3.63, 3.8) is 0 Å². The summed E-state index contributed by atoms with van der Waals surface area (Å²) in [5, 5.41) is 0. The minimum Gasteiger partial charge on any atom is -0.468 e. The molecule has 0 aliphatic heterocycles. The molecule has 2 unspecified atom stereocenters. The third-order valence-corrected chi connectivity index (χ3v) is 4.35. The van der Waals surface area contributed by atoms with Crippen molar-refractivity contribution in [1.29, 1.82) is 0 Å². The van der Waals surface area contributed by atoms with Crippen LogP contribution in [-0.4, -0.2) is 44.5 Å². The zero-order valence-electron chi connectivity index (χ0n) is 12.7. The van der Waals surface area contributed by atoms with Crippen molar-refractivity contribution in [2.45, 2.75) is 19.8 Å². The first-order valence-corrected chi connectivity index (χ1v) is 6.90. The number of ether oxygens (including phenoxy) is 3. The van der Waals surface area contributed by atoms with Gasteiger partial charge in [0.05, 0.1) is 20.1 Å². The Bertz CT molecular complexity index is 544. The fraction of sp³-hybridized carbons (Fsp3) is 0.600. The fourth-order valence-electron chi connectivity index (χ4n) is 3.30. The van der Waals surface area contributed by atoms with Gasteiger partial charge in [-0.2, -0.15) is 0 Å². The summed E-state index contributed by atoms with van der Waals surface area (Å²) < 4.78 is 14.4. The van der Waals surface area contributed by atoms with Crippen LogP contribution in [0.4, 0.5) is 0 Å². The van der Waals surface area contributed by atoms with Gasteiger partial charge in [-0.25, -0.2) is 0 Å². The van der Waals surface area contributed by atoms with E-state index in [0.29, 0.717) is 5.57 Å². The molecule has 1 fully saturated rings. The second-order valence-corrected chi connectivity index (χ2v) is 5.58. The number of esters is 3. The third-order valence-electron chi connectivity index (χ3n) is 4.35. The number of methoxy groups -OCH3 is 2. The molecule has 1 saturated carbocycles. The molecule has 0 bridgehead atoms. The fourth-order valence-corrected chi connectivity index (χ4v) is 3.30. The number of carbonyl (C=O) groups excluding carboxylic acids is 4. The summed E-state index contributed by atoms with van der Waals surface area (Å²) in [6.07, 6.45) is 1.65. The average Bonchev–Trinajstić information content (AvgIpc) is 2.98. The van der Waals surface area contributed by atoms with Crippen LogP contribution >= 0.6 is 0 Å². The molecule has 0 N–H and O–H groups in total. The second kappa shape index (κ2) is 5.90. The summed E-state index contributed by atoms with van der Waals surface area (Å²) in [7, 11) is 2.41.